The highest BCUT2D eigenvalue weighted by Gasteiger charge is 1.98. The van der Waals surface area contributed by atoms with Crippen molar-refractivity contribution in [2.24, 2.45) is 4.99 Å². The summed E-state index contributed by atoms with van der Waals surface area (Å²) in [6.07, 6.45) is 6.87. The zero-order valence-corrected chi connectivity index (χ0v) is 8.17. The fourth-order valence-electron chi connectivity index (χ4n) is 1.43. The van der Waals surface area contributed by atoms with Crippen LogP contribution in [0.2, 0.25) is 5.02 Å². The molecule has 2 heteroatoms. The number of benzene rings is 1. The van der Waals surface area contributed by atoms with E-state index < -0.39 is 0 Å². The zero-order chi connectivity index (χ0) is 9.26. The number of hydrogen-bond acceptors (Lipinski definition) is 1. The summed E-state index contributed by atoms with van der Waals surface area (Å²) in [5.41, 5.74) is 1.17. The Morgan fingerprint density at radius 3 is 3.08 bits per heavy atom. The predicted octanol–water partition coefficient (Wildman–Crippen LogP) is 1.97. The molecule has 1 aromatic carbocycles. The third-order valence-corrected chi connectivity index (χ3v) is 2.46. The maximum atomic E-state index is 6.07. The molecule has 2 rings (SSSR count). The summed E-state index contributed by atoms with van der Waals surface area (Å²) < 4.78 is 0. The largest absolute Gasteiger partial charge is 0.256 e. The quantitative estimate of drug-likeness (QED) is 0.595. The number of fused-ring (bicyclic) bond motifs is 1. The van der Waals surface area contributed by atoms with Crippen LogP contribution in [0.15, 0.2) is 29.4 Å². The molecule has 0 radical (unpaired) electrons. The molecular formula is C11H10ClN. The van der Waals surface area contributed by atoms with E-state index in [1.165, 1.54) is 5.56 Å². The van der Waals surface area contributed by atoms with Crippen LogP contribution in [0.4, 0.5) is 0 Å². The average molecular weight is 192 g/mol. The van der Waals surface area contributed by atoms with Crippen molar-refractivity contribution in [3.8, 4) is 0 Å². The van der Waals surface area contributed by atoms with Crippen LogP contribution in [0.1, 0.15) is 12.0 Å². The lowest BCUT2D eigenvalue weighted by molar-refractivity contribution is 1.24. The second-order valence-electron chi connectivity index (χ2n) is 3.08. The molecule has 1 heterocycles. The lowest BCUT2D eigenvalue weighted by Crippen LogP contribution is -2.27. The van der Waals surface area contributed by atoms with Gasteiger partial charge in [0.15, 0.2) is 0 Å². The third kappa shape index (κ3) is 1.52. The average Bonchev–Trinajstić information content (AvgIpc) is 2.37. The molecule has 0 aromatic heterocycles. The van der Waals surface area contributed by atoms with Gasteiger partial charge in [0.05, 0.1) is 5.36 Å². The molecule has 1 aliphatic heterocycles. The molecule has 0 saturated heterocycles. The van der Waals surface area contributed by atoms with Gasteiger partial charge in [0.25, 0.3) is 0 Å². The van der Waals surface area contributed by atoms with Crippen LogP contribution in [0.3, 0.4) is 0 Å². The van der Waals surface area contributed by atoms with Crippen molar-refractivity contribution in [1.29, 1.82) is 0 Å². The van der Waals surface area contributed by atoms with Gasteiger partial charge >= 0.3 is 0 Å². The number of nitrogens with zero attached hydrogens (tertiary/aromatic N) is 1. The second kappa shape index (κ2) is 3.35. The van der Waals surface area contributed by atoms with Gasteiger partial charge in [0, 0.05) is 16.4 Å². The van der Waals surface area contributed by atoms with Crippen LogP contribution in [0, 0.1) is 6.92 Å². The molecule has 1 aliphatic rings. The second-order valence-corrected chi connectivity index (χ2v) is 3.49. The van der Waals surface area contributed by atoms with Gasteiger partial charge in [-0.1, -0.05) is 29.8 Å². The number of aryl methyl sites for hydroxylation is 1. The van der Waals surface area contributed by atoms with E-state index in [9.17, 15) is 0 Å². The van der Waals surface area contributed by atoms with Crippen molar-refractivity contribution >= 4 is 17.7 Å². The molecular weight excluding hydrogens is 182 g/mol. The number of allylic oxidation sites excluding steroid dienone is 1. The third-order valence-electron chi connectivity index (χ3n) is 2.13. The molecule has 0 bridgehead atoms. The standard InChI is InChI=1S/C11H10ClN/c1-8-5-6-10(12)9-4-2-3-7-13-11(8)9/h3-7H,2H2,1H3. The Kier molecular flexibility index (Phi) is 2.19. The first-order valence-corrected chi connectivity index (χ1v) is 4.65. The Balaban J connectivity index is 2.92. The molecule has 0 spiro atoms. The lowest BCUT2D eigenvalue weighted by Gasteiger charge is -1.96. The van der Waals surface area contributed by atoms with Gasteiger partial charge in [-0.25, -0.2) is 0 Å². The highest BCUT2D eigenvalue weighted by Crippen LogP contribution is 2.01. The molecule has 0 amide bonds. The molecule has 0 unspecified atom stereocenters. The molecule has 66 valence electrons. The van der Waals surface area contributed by atoms with Gasteiger partial charge < -0.3 is 0 Å². The van der Waals surface area contributed by atoms with E-state index >= 15 is 0 Å². The van der Waals surface area contributed by atoms with E-state index in [1.54, 1.807) is 0 Å². The zero-order valence-electron chi connectivity index (χ0n) is 7.42. The molecule has 0 fully saturated rings. The topological polar surface area (TPSA) is 12.4 Å². The molecule has 0 N–H and O–H groups in total. The van der Waals surface area contributed by atoms with E-state index in [2.05, 4.69) is 11.1 Å². The normalized spacial score (nSPS) is 14.0. The summed E-state index contributed by atoms with van der Waals surface area (Å²) in [5.74, 6) is 0. The maximum Gasteiger partial charge on any atom is 0.0742 e. The first kappa shape index (κ1) is 8.52. The number of rotatable bonds is 0. The number of halogens is 1. The Hall–Kier alpha value is -1.08. The molecule has 13 heavy (non-hydrogen) atoms. The van der Waals surface area contributed by atoms with E-state index in [1.807, 2.05) is 31.3 Å². The highest BCUT2D eigenvalue weighted by atomic mass is 35.5. The maximum absolute atomic E-state index is 6.07. The van der Waals surface area contributed by atoms with Crippen LogP contribution < -0.4 is 10.6 Å². The fourth-order valence-corrected chi connectivity index (χ4v) is 1.66. The van der Waals surface area contributed by atoms with Crippen molar-refractivity contribution in [2.75, 3.05) is 0 Å². The summed E-state index contributed by atoms with van der Waals surface area (Å²) >= 11 is 6.07. The first-order chi connectivity index (χ1) is 6.29. The van der Waals surface area contributed by atoms with Crippen LogP contribution >= 0.6 is 11.6 Å². The summed E-state index contributed by atoms with van der Waals surface area (Å²) in [7, 11) is 0. The van der Waals surface area contributed by atoms with Gasteiger partial charge in [0.1, 0.15) is 0 Å². The van der Waals surface area contributed by atoms with E-state index in [-0.39, 0.29) is 0 Å². The molecule has 1 aromatic rings. The highest BCUT2D eigenvalue weighted by molar-refractivity contribution is 6.30. The molecule has 0 saturated carbocycles. The molecule has 1 nitrogen and oxygen atoms in total. The van der Waals surface area contributed by atoms with E-state index in [4.69, 9.17) is 11.6 Å². The minimum Gasteiger partial charge on any atom is -0.256 e. The van der Waals surface area contributed by atoms with Gasteiger partial charge in [-0.05, 0) is 25.0 Å². The predicted molar refractivity (Wildman–Crippen MR) is 55.2 cm³/mol. The Morgan fingerprint density at radius 2 is 2.23 bits per heavy atom. The summed E-state index contributed by atoms with van der Waals surface area (Å²) in [4.78, 5) is 4.35. The van der Waals surface area contributed by atoms with Crippen LogP contribution in [-0.2, 0) is 0 Å². The van der Waals surface area contributed by atoms with Crippen molar-refractivity contribution < 1.29 is 0 Å². The van der Waals surface area contributed by atoms with Gasteiger partial charge in [-0.3, -0.25) is 4.99 Å². The summed E-state index contributed by atoms with van der Waals surface area (Å²) in [5, 5.41) is 2.85. The van der Waals surface area contributed by atoms with Crippen LogP contribution in [0.5, 0.6) is 0 Å². The van der Waals surface area contributed by atoms with Crippen molar-refractivity contribution in [2.45, 2.75) is 13.3 Å². The minimum absolute atomic E-state index is 0.785. The minimum atomic E-state index is 0.785. The Labute approximate surface area is 82.1 Å². The van der Waals surface area contributed by atoms with Crippen molar-refractivity contribution in [1.82, 2.24) is 0 Å². The van der Waals surface area contributed by atoms with E-state index in [0.717, 1.165) is 22.0 Å². The lowest BCUT2D eigenvalue weighted by atomic mass is 10.2. The van der Waals surface area contributed by atoms with E-state index in [0.29, 0.717) is 0 Å². The monoisotopic (exact) mass is 191 g/mol. The smallest absolute Gasteiger partial charge is 0.0742 e. The SMILES string of the molecule is Cc1ccc(Cl)c2c1=NC=CCC=2. The fraction of sp³-hybridized carbons (Fsp3) is 0.182. The Morgan fingerprint density at radius 1 is 1.38 bits per heavy atom. The van der Waals surface area contributed by atoms with Crippen LogP contribution in [-0.4, -0.2) is 0 Å². The van der Waals surface area contributed by atoms with Crippen LogP contribution in [0.25, 0.3) is 6.08 Å². The summed E-state index contributed by atoms with van der Waals surface area (Å²) in [6.45, 7) is 2.05. The summed E-state index contributed by atoms with van der Waals surface area (Å²) in [6, 6.07) is 3.92. The molecule has 0 atom stereocenters. The van der Waals surface area contributed by atoms with Crippen molar-refractivity contribution in [3.05, 3.63) is 45.6 Å². The number of hydrogen-bond donors (Lipinski definition) is 0. The van der Waals surface area contributed by atoms with Gasteiger partial charge in [0.2, 0.25) is 0 Å². The van der Waals surface area contributed by atoms with Crippen molar-refractivity contribution in [3.63, 3.8) is 0 Å². The first-order valence-electron chi connectivity index (χ1n) is 4.27. The van der Waals surface area contributed by atoms with Gasteiger partial charge in [-0.2, -0.15) is 0 Å². The Bertz CT molecular complexity index is 472. The molecule has 0 aliphatic carbocycles. The van der Waals surface area contributed by atoms with Gasteiger partial charge in [-0.15, -0.1) is 0 Å².